The van der Waals surface area contributed by atoms with Gasteiger partial charge in [0, 0.05) is 25.6 Å². The summed E-state index contributed by atoms with van der Waals surface area (Å²) in [5, 5.41) is 9.60. The molecule has 0 aliphatic rings. The first-order valence-electron chi connectivity index (χ1n) is 6.22. The molecule has 2 rings (SSSR count). The fraction of sp³-hybridized carbons (Fsp3) is 0.308. The van der Waals surface area contributed by atoms with E-state index in [1.165, 1.54) is 17.5 Å². The van der Waals surface area contributed by atoms with Crippen LogP contribution in [0.5, 0.6) is 0 Å². The number of aromatic nitrogens is 1. The van der Waals surface area contributed by atoms with E-state index >= 15 is 0 Å². The van der Waals surface area contributed by atoms with Crippen LogP contribution in [0.3, 0.4) is 0 Å². The van der Waals surface area contributed by atoms with Crippen LogP contribution in [0, 0.1) is 0 Å². The summed E-state index contributed by atoms with van der Waals surface area (Å²) in [5.74, 6) is 0. The van der Waals surface area contributed by atoms with Gasteiger partial charge in [-0.25, -0.2) is 0 Å². The number of benzene rings is 1. The molecule has 1 aromatic heterocycles. The summed E-state index contributed by atoms with van der Waals surface area (Å²) in [4.78, 5) is 4.20. The Kier molecular flexibility index (Phi) is 4.53. The molecule has 108 valence electrons. The number of nitrogens with one attached hydrogen (secondary N) is 1. The van der Waals surface area contributed by atoms with Crippen LogP contribution in [-0.4, -0.2) is 43.0 Å². The zero-order valence-corrected chi connectivity index (χ0v) is 12.0. The predicted octanol–water partition coefficient (Wildman–Crippen LogP) is 1.21. The fourth-order valence-electron chi connectivity index (χ4n) is 1.77. The lowest BCUT2D eigenvalue weighted by Gasteiger charge is -2.17. The third-order valence-electron chi connectivity index (χ3n) is 2.88. The second kappa shape index (κ2) is 6.17. The third kappa shape index (κ3) is 3.44. The number of nitrogens with zero attached hydrogens (tertiary/aromatic N) is 2. The summed E-state index contributed by atoms with van der Waals surface area (Å²) in [6, 6.07) is 9.22. The number of aliphatic hydroxyl groups excluding tert-OH is 1. The van der Waals surface area contributed by atoms with Gasteiger partial charge in [0.15, 0.2) is 0 Å². The molecule has 0 aliphatic carbocycles. The summed E-state index contributed by atoms with van der Waals surface area (Å²) in [7, 11) is -2.16. The fourth-order valence-corrected chi connectivity index (χ4v) is 2.70. The lowest BCUT2D eigenvalue weighted by atomic mass is 10.2. The van der Waals surface area contributed by atoms with Crippen molar-refractivity contribution in [2.24, 2.45) is 0 Å². The van der Waals surface area contributed by atoms with Gasteiger partial charge in [-0.15, -0.1) is 0 Å². The molecule has 7 heteroatoms. The van der Waals surface area contributed by atoms with Gasteiger partial charge in [-0.2, -0.15) is 12.7 Å². The minimum absolute atomic E-state index is 0.0443. The summed E-state index contributed by atoms with van der Waals surface area (Å²) in [6.07, 6.45) is 1.88. The second-order valence-corrected chi connectivity index (χ2v) is 6.20. The van der Waals surface area contributed by atoms with Crippen LogP contribution < -0.4 is 4.72 Å². The molecule has 0 fully saturated rings. The Morgan fingerprint density at radius 3 is 2.85 bits per heavy atom. The van der Waals surface area contributed by atoms with Gasteiger partial charge >= 0.3 is 10.2 Å². The van der Waals surface area contributed by atoms with Crippen LogP contribution in [0.4, 0.5) is 5.69 Å². The zero-order valence-electron chi connectivity index (χ0n) is 11.2. The van der Waals surface area contributed by atoms with Gasteiger partial charge in [0.1, 0.15) is 0 Å². The molecular weight excluding hydrogens is 278 g/mol. The molecule has 0 radical (unpaired) electrons. The Morgan fingerprint density at radius 1 is 1.35 bits per heavy atom. The van der Waals surface area contributed by atoms with Crippen LogP contribution in [0.25, 0.3) is 10.9 Å². The van der Waals surface area contributed by atoms with Gasteiger partial charge in [0.25, 0.3) is 0 Å². The number of para-hydroxylation sites is 1. The molecular formula is C13H17N3O3S. The van der Waals surface area contributed by atoms with Crippen molar-refractivity contribution >= 4 is 26.8 Å². The molecule has 2 N–H and O–H groups in total. The quantitative estimate of drug-likeness (QED) is 0.839. The highest BCUT2D eigenvalue weighted by molar-refractivity contribution is 7.90. The lowest BCUT2D eigenvalue weighted by Crippen LogP contribution is -2.33. The zero-order chi connectivity index (χ0) is 14.6. The molecule has 1 aromatic carbocycles. The number of hydrogen-bond acceptors (Lipinski definition) is 4. The summed E-state index contributed by atoms with van der Waals surface area (Å²) in [5.41, 5.74) is 1.23. The van der Waals surface area contributed by atoms with E-state index in [2.05, 4.69) is 9.71 Å². The van der Waals surface area contributed by atoms with Crippen LogP contribution in [-0.2, 0) is 10.2 Å². The normalized spacial score (nSPS) is 11.9. The molecule has 0 saturated heterocycles. The SMILES string of the molecule is CN(CCCO)S(=O)(=O)Nc1cnc2ccccc2c1. The summed E-state index contributed by atoms with van der Waals surface area (Å²) < 4.78 is 27.7. The second-order valence-electron chi connectivity index (χ2n) is 4.42. The van der Waals surface area contributed by atoms with E-state index in [0.717, 1.165) is 10.9 Å². The topological polar surface area (TPSA) is 82.5 Å². The minimum atomic E-state index is -3.62. The van der Waals surface area contributed by atoms with Gasteiger partial charge in [-0.1, -0.05) is 18.2 Å². The van der Waals surface area contributed by atoms with Crippen LogP contribution in [0.1, 0.15) is 6.42 Å². The number of fused-ring (bicyclic) bond motifs is 1. The van der Waals surface area contributed by atoms with E-state index < -0.39 is 10.2 Å². The van der Waals surface area contributed by atoms with E-state index in [-0.39, 0.29) is 13.2 Å². The Labute approximate surface area is 118 Å². The molecule has 0 amide bonds. The van der Waals surface area contributed by atoms with E-state index in [1.54, 1.807) is 6.07 Å². The Balaban J connectivity index is 2.18. The van der Waals surface area contributed by atoms with Gasteiger partial charge in [0.05, 0.1) is 17.4 Å². The van der Waals surface area contributed by atoms with Crippen LogP contribution >= 0.6 is 0 Å². The maximum absolute atomic E-state index is 12.0. The lowest BCUT2D eigenvalue weighted by molar-refractivity contribution is 0.276. The average Bonchev–Trinajstić information content (AvgIpc) is 2.44. The molecule has 0 bridgehead atoms. The predicted molar refractivity (Wildman–Crippen MR) is 78.6 cm³/mol. The molecule has 0 unspecified atom stereocenters. The summed E-state index contributed by atoms with van der Waals surface area (Å²) in [6.45, 7) is 0.213. The monoisotopic (exact) mass is 295 g/mol. The molecule has 6 nitrogen and oxygen atoms in total. The number of anilines is 1. The first-order valence-corrected chi connectivity index (χ1v) is 7.66. The van der Waals surface area contributed by atoms with Gasteiger partial charge in [-0.3, -0.25) is 9.71 Å². The molecule has 2 aromatic rings. The van der Waals surface area contributed by atoms with Crippen LogP contribution in [0.2, 0.25) is 0 Å². The molecule has 0 aliphatic heterocycles. The van der Waals surface area contributed by atoms with Crippen molar-refractivity contribution in [3.05, 3.63) is 36.5 Å². The van der Waals surface area contributed by atoms with Crippen molar-refractivity contribution in [2.75, 3.05) is 24.9 Å². The van der Waals surface area contributed by atoms with Gasteiger partial charge in [0.2, 0.25) is 0 Å². The van der Waals surface area contributed by atoms with Gasteiger partial charge < -0.3 is 5.11 Å². The van der Waals surface area contributed by atoms with E-state index in [9.17, 15) is 8.42 Å². The highest BCUT2D eigenvalue weighted by Gasteiger charge is 2.17. The van der Waals surface area contributed by atoms with E-state index in [0.29, 0.717) is 12.1 Å². The largest absolute Gasteiger partial charge is 0.396 e. The minimum Gasteiger partial charge on any atom is -0.396 e. The first-order chi connectivity index (χ1) is 9.53. The van der Waals surface area contributed by atoms with Crippen molar-refractivity contribution < 1.29 is 13.5 Å². The van der Waals surface area contributed by atoms with Crippen LogP contribution in [0.15, 0.2) is 36.5 Å². The van der Waals surface area contributed by atoms with Crippen molar-refractivity contribution in [3.63, 3.8) is 0 Å². The van der Waals surface area contributed by atoms with Crippen molar-refractivity contribution in [2.45, 2.75) is 6.42 Å². The molecule has 0 atom stereocenters. The third-order valence-corrected chi connectivity index (χ3v) is 4.38. The van der Waals surface area contributed by atoms with Crippen molar-refractivity contribution in [3.8, 4) is 0 Å². The maximum Gasteiger partial charge on any atom is 0.301 e. The van der Waals surface area contributed by atoms with Gasteiger partial charge in [-0.05, 0) is 18.6 Å². The number of aliphatic hydroxyl groups is 1. The molecule has 0 spiro atoms. The standard InChI is InChI=1S/C13H17N3O3S/c1-16(7-4-8-17)20(18,19)15-12-9-11-5-2-3-6-13(11)14-10-12/h2-3,5-6,9-10,15,17H,4,7-8H2,1H3. The molecule has 1 heterocycles. The first kappa shape index (κ1) is 14.7. The molecule has 0 saturated carbocycles. The number of hydrogen-bond donors (Lipinski definition) is 2. The molecule has 20 heavy (non-hydrogen) atoms. The maximum atomic E-state index is 12.0. The Bertz CT molecular complexity index is 688. The number of rotatable bonds is 6. The smallest absolute Gasteiger partial charge is 0.301 e. The van der Waals surface area contributed by atoms with Crippen molar-refractivity contribution in [1.82, 2.24) is 9.29 Å². The summed E-state index contributed by atoms with van der Waals surface area (Å²) >= 11 is 0. The van der Waals surface area contributed by atoms with Crippen molar-refractivity contribution in [1.29, 1.82) is 0 Å². The Morgan fingerprint density at radius 2 is 2.10 bits per heavy atom. The highest BCUT2D eigenvalue weighted by atomic mass is 32.2. The average molecular weight is 295 g/mol. The highest BCUT2D eigenvalue weighted by Crippen LogP contribution is 2.17. The number of pyridine rings is 1. The Hall–Kier alpha value is -1.70. The van der Waals surface area contributed by atoms with E-state index in [1.807, 2.05) is 24.3 Å². The van der Waals surface area contributed by atoms with E-state index in [4.69, 9.17) is 5.11 Å².